The van der Waals surface area contributed by atoms with Crippen molar-refractivity contribution in [3.8, 4) is 11.5 Å². The third-order valence-electron chi connectivity index (χ3n) is 3.50. The van der Waals surface area contributed by atoms with Crippen molar-refractivity contribution in [1.82, 2.24) is 0 Å². The van der Waals surface area contributed by atoms with Crippen LogP contribution in [0, 0.1) is 6.92 Å². The number of esters is 1. The van der Waals surface area contributed by atoms with E-state index in [9.17, 15) is 9.59 Å². The molecule has 0 fully saturated rings. The van der Waals surface area contributed by atoms with Crippen molar-refractivity contribution in [2.75, 3.05) is 26.1 Å². The van der Waals surface area contributed by atoms with Crippen molar-refractivity contribution in [2.45, 2.75) is 6.92 Å². The van der Waals surface area contributed by atoms with Crippen molar-refractivity contribution in [2.24, 2.45) is 0 Å². The predicted octanol–water partition coefficient (Wildman–Crippen LogP) is 4.11. The van der Waals surface area contributed by atoms with Gasteiger partial charge in [0.25, 0.3) is 5.91 Å². The molecule has 0 aromatic heterocycles. The van der Waals surface area contributed by atoms with Gasteiger partial charge in [-0.15, -0.1) is 0 Å². The molecule has 0 atom stereocenters. The molecule has 0 heterocycles. The summed E-state index contributed by atoms with van der Waals surface area (Å²) in [6.07, 6.45) is 0. The standard InChI is InChI=1S/C18H17Cl2NO5/c1-10-4-6-12(19)17(16(10)20)21-15(22)9-26-18(23)11-5-7-13(24-2)14(8-11)25-3/h4-8H,9H2,1-3H3,(H,21,22). The van der Waals surface area contributed by atoms with Crippen LogP contribution in [0.25, 0.3) is 0 Å². The molecule has 1 N–H and O–H groups in total. The molecule has 0 bridgehead atoms. The van der Waals surface area contributed by atoms with Gasteiger partial charge in [-0.1, -0.05) is 29.3 Å². The molecule has 0 aliphatic carbocycles. The number of carbonyl (C=O) groups excluding carboxylic acids is 2. The SMILES string of the molecule is COc1ccc(C(=O)OCC(=O)Nc2c(Cl)ccc(C)c2Cl)cc1OC. The number of amides is 1. The summed E-state index contributed by atoms with van der Waals surface area (Å²) in [6.45, 7) is 1.29. The van der Waals surface area contributed by atoms with Gasteiger partial charge >= 0.3 is 5.97 Å². The molecule has 0 radical (unpaired) electrons. The monoisotopic (exact) mass is 397 g/mol. The van der Waals surface area contributed by atoms with Crippen LogP contribution in [-0.2, 0) is 9.53 Å². The number of halogens is 2. The molecule has 2 aromatic carbocycles. The Morgan fingerprint density at radius 1 is 1.04 bits per heavy atom. The first-order chi connectivity index (χ1) is 12.4. The van der Waals surface area contributed by atoms with Crippen LogP contribution in [0.1, 0.15) is 15.9 Å². The number of ether oxygens (including phenoxy) is 3. The average molecular weight is 398 g/mol. The Kier molecular flexibility index (Phi) is 6.71. The average Bonchev–Trinajstić information content (AvgIpc) is 2.65. The number of methoxy groups -OCH3 is 2. The zero-order valence-electron chi connectivity index (χ0n) is 14.4. The number of nitrogens with one attached hydrogen (secondary N) is 1. The summed E-state index contributed by atoms with van der Waals surface area (Å²) in [4.78, 5) is 24.1. The van der Waals surface area contributed by atoms with E-state index >= 15 is 0 Å². The topological polar surface area (TPSA) is 73.9 Å². The van der Waals surface area contributed by atoms with Gasteiger partial charge in [0.05, 0.1) is 35.5 Å². The highest BCUT2D eigenvalue weighted by Gasteiger charge is 2.16. The minimum Gasteiger partial charge on any atom is -0.493 e. The fraction of sp³-hybridized carbons (Fsp3) is 0.222. The maximum absolute atomic E-state index is 12.1. The smallest absolute Gasteiger partial charge is 0.338 e. The number of anilines is 1. The molecule has 0 aliphatic rings. The van der Waals surface area contributed by atoms with E-state index in [0.29, 0.717) is 21.5 Å². The van der Waals surface area contributed by atoms with Gasteiger partial charge in [-0.05, 0) is 36.8 Å². The number of rotatable bonds is 6. The maximum Gasteiger partial charge on any atom is 0.338 e. The van der Waals surface area contributed by atoms with E-state index in [1.54, 1.807) is 25.1 Å². The summed E-state index contributed by atoms with van der Waals surface area (Å²) in [5, 5.41) is 3.16. The van der Waals surface area contributed by atoms with Gasteiger partial charge in [0.15, 0.2) is 18.1 Å². The first-order valence-corrected chi connectivity index (χ1v) is 8.26. The van der Waals surface area contributed by atoms with E-state index in [4.69, 9.17) is 37.4 Å². The van der Waals surface area contributed by atoms with Crippen LogP contribution in [0.2, 0.25) is 10.0 Å². The lowest BCUT2D eigenvalue weighted by molar-refractivity contribution is -0.119. The maximum atomic E-state index is 12.1. The van der Waals surface area contributed by atoms with E-state index in [2.05, 4.69) is 5.32 Å². The Bertz CT molecular complexity index is 839. The van der Waals surface area contributed by atoms with Crippen LogP contribution in [0.4, 0.5) is 5.69 Å². The van der Waals surface area contributed by atoms with E-state index in [-0.39, 0.29) is 11.3 Å². The largest absolute Gasteiger partial charge is 0.493 e. The van der Waals surface area contributed by atoms with Crippen molar-refractivity contribution >= 4 is 40.8 Å². The van der Waals surface area contributed by atoms with Crippen molar-refractivity contribution in [1.29, 1.82) is 0 Å². The Morgan fingerprint density at radius 3 is 2.38 bits per heavy atom. The lowest BCUT2D eigenvalue weighted by atomic mass is 10.2. The summed E-state index contributed by atoms with van der Waals surface area (Å²) < 4.78 is 15.2. The molecule has 0 spiro atoms. The third-order valence-corrected chi connectivity index (χ3v) is 4.30. The minimum absolute atomic E-state index is 0.224. The second-order valence-corrected chi connectivity index (χ2v) is 6.03. The zero-order valence-corrected chi connectivity index (χ0v) is 15.9. The molecule has 6 nitrogen and oxygen atoms in total. The molecule has 0 unspecified atom stereocenters. The second kappa shape index (κ2) is 8.78. The van der Waals surface area contributed by atoms with Gasteiger partial charge in [0, 0.05) is 0 Å². The lowest BCUT2D eigenvalue weighted by Crippen LogP contribution is -2.21. The van der Waals surface area contributed by atoms with Gasteiger partial charge < -0.3 is 19.5 Å². The summed E-state index contributed by atoms with van der Waals surface area (Å²) in [7, 11) is 2.94. The number of benzene rings is 2. The zero-order chi connectivity index (χ0) is 19.3. The summed E-state index contributed by atoms with van der Waals surface area (Å²) >= 11 is 12.2. The molecule has 0 saturated carbocycles. The van der Waals surface area contributed by atoms with Gasteiger partial charge in [-0.2, -0.15) is 0 Å². The molecule has 0 saturated heterocycles. The van der Waals surface area contributed by atoms with Crippen molar-refractivity contribution in [3.63, 3.8) is 0 Å². The van der Waals surface area contributed by atoms with Crippen LogP contribution in [0.15, 0.2) is 30.3 Å². The van der Waals surface area contributed by atoms with Gasteiger partial charge in [0.1, 0.15) is 0 Å². The first-order valence-electron chi connectivity index (χ1n) is 7.51. The Labute approximate surface area is 160 Å². The minimum atomic E-state index is -0.678. The van der Waals surface area contributed by atoms with Crippen LogP contribution in [0.3, 0.4) is 0 Å². The van der Waals surface area contributed by atoms with Crippen molar-refractivity contribution in [3.05, 3.63) is 51.5 Å². The van der Waals surface area contributed by atoms with Gasteiger partial charge in [0.2, 0.25) is 0 Å². The molecule has 2 rings (SSSR count). The highest BCUT2D eigenvalue weighted by atomic mass is 35.5. The van der Waals surface area contributed by atoms with Crippen LogP contribution >= 0.6 is 23.2 Å². The molecular formula is C18H17Cl2NO5. The quantitative estimate of drug-likeness (QED) is 0.742. The first kappa shape index (κ1) is 19.9. The highest BCUT2D eigenvalue weighted by molar-refractivity contribution is 6.40. The van der Waals surface area contributed by atoms with Gasteiger partial charge in [-0.25, -0.2) is 4.79 Å². The Hall–Kier alpha value is -2.44. The van der Waals surface area contributed by atoms with E-state index < -0.39 is 18.5 Å². The fourth-order valence-electron chi connectivity index (χ4n) is 2.12. The molecule has 2 aromatic rings. The second-order valence-electron chi connectivity index (χ2n) is 5.25. The van der Waals surface area contributed by atoms with E-state index in [0.717, 1.165) is 5.56 Å². The number of hydrogen-bond donors (Lipinski definition) is 1. The van der Waals surface area contributed by atoms with Gasteiger partial charge in [-0.3, -0.25) is 4.79 Å². The third kappa shape index (κ3) is 4.59. The molecule has 138 valence electrons. The van der Waals surface area contributed by atoms with Crippen LogP contribution in [0.5, 0.6) is 11.5 Å². The molecule has 26 heavy (non-hydrogen) atoms. The predicted molar refractivity (Wildman–Crippen MR) is 99.7 cm³/mol. The lowest BCUT2D eigenvalue weighted by Gasteiger charge is -2.12. The number of aryl methyl sites for hydroxylation is 1. The molecular weight excluding hydrogens is 381 g/mol. The molecule has 0 aliphatic heterocycles. The highest BCUT2D eigenvalue weighted by Crippen LogP contribution is 2.33. The summed E-state index contributed by atoms with van der Waals surface area (Å²) in [5.74, 6) is -0.383. The summed E-state index contributed by atoms with van der Waals surface area (Å²) in [5.41, 5.74) is 1.26. The normalized spacial score (nSPS) is 10.2. The van der Waals surface area contributed by atoms with Crippen LogP contribution in [-0.4, -0.2) is 32.7 Å². The fourth-order valence-corrected chi connectivity index (χ4v) is 2.59. The van der Waals surface area contributed by atoms with Crippen molar-refractivity contribution < 1.29 is 23.8 Å². The Morgan fingerprint density at radius 2 is 1.73 bits per heavy atom. The van der Waals surface area contributed by atoms with E-state index in [1.807, 2.05) is 0 Å². The number of hydrogen-bond acceptors (Lipinski definition) is 5. The Balaban J connectivity index is 2.02. The molecule has 8 heteroatoms. The van der Waals surface area contributed by atoms with E-state index in [1.165, 1.54) is 26.4 Å². The summed E-state index contributed by atoms with van der Waals surface area (Å²) in [6, 6.07) is 7.90. The van der Waals surface area contributed by atoms with Crippen LogP contribution < -0.4 is 14.8 Å². The number of carbonyl (C=O) groups is 2. The molecule has 1 amide bonds.